The van der Waals surface area contributed by atoms with Crippen LogP contribution in [0.1, 0.15) is 39.7 Å². The first kappa shape index (κ1) is 24.4. The number of pyridine rings is 1. The van der Waals surface area contributed by atoms with Gasteiger partial charge in [-0.1, -0.05) is 13.8 Å². The molecule has 2 N–H and O–H groups in total. The third-order valence-corrected chi connectivity index (χ3v) is 4.19. The van der Waals surface area contributed by atoms with Gasteiger partial charge in [0.1, 0.15) is 12.1 Å². The van der Waals surface area contributed by atoms with Crippen molar-refractivity contribution in [1.29, 1.82) is 0 Å². The Bertz CT molecular complexity index is 690. The highest BCUT2D eigenvalue weighted by atomic mass is 127. The van der Waals surface area contributed by atoms with Gasteiger partial charge in [-0.05, 0) is 43.9 Å². The maximum atomic E-state index is 5.81. The standard InChI is InChI=1S/C20H32N6O.HI/c1-5-22-20(24-10-8-18(16(3)4)27-6-2)25-14-17-7-9-23-19(13-17)26-12-11-21-15-26;/h7,9,11-13,15-16,18H,5-6,8,10,14H2,1-4H3,(H2,22,24,25);1H. The van der Waals surface area contributed by atoms with Crippen LogP contribution in [0.25, 0.3) is 5.82 Å². The first-order valence-corrected chi connectivity index (χ1v) is 9.71. The molecule has 0 saturated carbocycles. The van der Waals surface area contributed by atoms with Crippen molar-refractivity contribution in [1.82, 2.24) is 25.2 Å². The summed E-state index contributed by atoms with van der Waals surface area (Å²) in [6.07, 6.45) is 8.39. The largest absolute Gasteiger partial charge is 0.378 e. The first-order chi connectivity index (χ1) is 13.1. The van der Waals surface area contributed by atoms with Gasteiger partial charge in [0, 0.05) is 38.3 Å². The molecule has 0 bridgehead atoms. The second-order valence-corrected chi connectivity index (χ2v) is 6.64. The van der Waals surface area contributed by atoms with E-state index < -0.39 is 0 Å². The summed E-state index contributed by atoms with van der Waals surface area (Å²) in [4.78, 5) is 13.1. The fourth-order valence-corrected chi connectivity index (χ4v) is 2.76. The smallest absolute Gasteiger partial charge is 0.191 e. The third kappa shape index (κ3) is 8.14. The normalized spacial score (nSPS) is 12.5. The van der Waals surface area contributed by atoms with Crippen LogP contribution in [-0.2, 0) is 11.3 Å². The lowest BCUT2D eigenvalue weighted by atomic mass is 10.0. The first-order valence-electron chi connectivity index (χ1n) is 9.71. The Morgan fingerprint density at radius 3 is 2.71 bits per heavy atom. The van der Waals surface area contributed by atoms with Crippen LogP contribution in [0.2, 0.25) is 0 Å². The predicted octanol–water partition coefficient (Wildman–Crippen LogP) is 3.39. The van der Waals surface area contributed by atoms with Gasteiger partial charge in [-0.3, -0.25) is 4.57 Å². The molecule has 0 aliphatic rings. The highest BCUT2D eigenvalue weighted by Gasteiger charge is 2.13. The van der Waals surface area contributed by atoms with E-state index in [1.807, 2.05) is 29.8 Å². The van der Waals surface area contributed by atoms with Crippen molar-refractivity contribution in [3.63, 3.8) is 0 Å². The minimum atomic E-state index is 0. The summed E-state index contributed by atoms with van der Waals surface area (Å²) in [6.45, 7) is 11.5. The van der Waals surface area contributed by atoms with E-state index in [-0.39, 0.29) is 30.1 Å². The molecule has 28 heavy (non-hydrogen) atoms. The minimum Gasteiger partial charge on any atom is -0.378 e. The maximum absolute atomic E-state index is 5.81. The van der Waals surface area contributed by atoms with Crippen LogP contribution in [0.5, 0.6) is 0 Å². The van der Waals surface area contributed by atoms with Crippen molar-refractivity contribution in [3.05, 3.63) is 42.6 Å². The summed E-state index contributed by atoms with van der Waals surface area (Å²) in [5.74, 6) is 2.16. The van der Waals surface area contributed by atoms with E-state index in [1.165, 1.54) is 0 Å². The molecule has 0 spiro atoms. The van der Waals surface area contributed by atoms with Gasteiger partial charge in [-0.25, -0.2) is 15.0 Å². The molecule has 0 fully saturated rings. The summed E-state index contributed by atoms with van der Waals surface area (Å²) in [5.41, 5.74) is 1.10. The van der Waals surface area contributed by atoms with Crippen LogP contribution in [-0.4, -0.2) is 46.3 Å². The van der Waals surface area contributed by atoms with Crippen molar-refractivity contribution in [3.8, 4) is 5.82 Å². The second-order valence-electron chi connectivity index (χ2n) is 6.64. The number of guanidine groups is 1. The molecule has 2 aromatic rings. The summed E-state index contributed by atoms with van der Waals surface area (Å²) in [5, 5.41) is 6.70. The molecule has 2 aromatic heterocycles. The van der Waals surface area contributed by atoms with E-state index >= 15 is 0 Å². The van der Waals surface area contributed by atoms with E-state index in [2.05, 4.69) is 41.4 Å². The summed E-state index contributed by atoms with van der Waals surface area (Å²) in [7, 11) is 0. The number of ether oxygens (including phenoxy) is 1. The highest BCUT2D eigenvalue weighted by Crippen LogP contribution is 2.10. The monoisotopic (exact) mass is 500 g/mol. The number of hydrogen-bond donors (Lipinski definition) is 2. The van der Waals surface area contributed by atoms with E-state index in [0.29, 0.717) is 12.5 Å². The Morgan fingerprint density at radius 1 is 1.25 bits per heavy atom. The van der Waals surface area contributed by atoms with Crippen molar-refractivity contribution in [2.45, 2.75) is 46.8 Å². The van der Waals surface area contributed by atoms with E-state index in [4.69, 9.17) is 9.73 Å². The zero-order valence-electron chi connectivity index (χ0n) is 17.3. The Morgan fingerprint density at radius 2 is 2.07 bits per heavy atom. The molecule has 2 heterocycles. The minimum absolute atomic E-state index is 0. The summed E-state index contributed by atoms with van der Waals surface area (Å²) < 4.78 is 7.69. The van der Waals surface area contributed by atoms with Crippen molar-refractivity contribution in [2.24, 2.45) is 10.9 Å². The quantitative estimate of drug-likeness (QED) is 0.297. The molecule has 0 aliphatic carbocycles. The Kier molecular flexibility index (Phi) is 11.7. The molecule has 8 heteroatoms. The number of hydrogen-bond acceptors (Lipinski definition) is 4. The van der Waals surface area contributed by atoms with Crippen LogP contribution in [0, 0.1) is 5.92 Å². The lowest BCUT2D eigenvalue weighted by molar-refractivity contribution is 0.0258. The molecule has 0 aromatic carbocycles. The number of nitrogens with zero attached hydrogens (tertiary/aromatic N) is 4. The van der Waals surface area contributed by atoms with Crippen molar-refractivity contribution >= 4 is 29.9 Å². The molecule has 1 atom stereocenters. The van der Waals surface area contributed by atoms with Gasteiger partial charge >= 0.3 is 0 Å². The van der Waals surface area contributed by atoms with Crippen LogP contribution in [0.15, 0.2) is 42.0 Å². The van der Waals surface area contributed by atoms with Gasteiger partial charge in [0.2, 0.25) is 0 Å². The molecule has 156 valence electrons. The van der Waals surface area contributed by atoms with Crippen LogP contribution in [0.4, 0.5) is 0 Å². The van der Waals surface area contributed by atoms with Crippen molar-refractivity contribution < 1.29 is 4.74 Å². The fourth-order valence-electron chi connectivity index (χ4n) is 2.76. The average molecular weight is 500 g/mol. The third-order valence-electron chi connectivity index (χ3n) is 4.19. The zero-order chi connectivity index (χ0) is 19.5. The molecular formula is C20H33IN6O. The SMILES string of the molecule is CCNC(=NCc1ccnc(-n2ccnc2)c1)NCCC(OCC)C(C)C.I. The van der Waals surface area contributed by atoms with Gasteiger partial charge in [0.25, 0.3) is 0 Å². The predicted molar refractivity (Wildman–Crippen MR) is 124 cm³/mol. The molecule has 1 unspecified atom stereocenters. The maximum Gasteiger partial charge on any atom is 0.191 e. The number of nitrogens with one attached hydrogen (secondary N) is 2. The molecule has 0 amide bonds. The second kappa shape index (κ2) is 13.5. The molecule has 0 aliphatic heterocycles. The van der Waals surface area contributed by atoms with Crippen LogP contribution < -0.4 is 10.6 Å². The van der Waals surface area contributed by atoms with Gasteiger partial charge in [-0.2, -0.15) is 0 Å². The van der Waals surface area contributed by atoms with Crippen molar-refractivity contribution in [2.75, 3.05) is 19.7 Å². The van der Waals surface area contributed by atoms with E-state index in [0.717, 1.165) is 43.5 Å². The van der Waals surface area contributed by atoms with E-state index in [9.17, 15) is 0 Å². The lowest BCUT2D eigenvalue weighted by Crippen LogP contribution is -2.39. The Balaban J connectivity index is 0.00000392. The van der Waals surface area contributed by atoms with Crippen LogP contribution >= 0.6 is 24.0 Å². The highest BCUT2D eigenvalue weighted by molar-refractivity contribution is 14.0. The van der Waals surface area contributed by atoms with Gasteiger partial charge in [-0.15, -0.1) is 24.0 Å². The Hall–Kier alpha value is -1.68. The molecule has 2 rings (SSSR count). The summed E-state index contributed by atoms with van der Waals surface area (Å²) >= 11 is 0. The van der Waals surface area contributed by atoms with Gasteiger partial charge in [0.05, 0.1) is 12.6 Å². The number of halogens is 1. The molecular weight excluding hydrogens is 467 g/mol. The average Bonchev–Trinajstić information content (AvgIpc) is 3.20. The fraction of sp³-hybridized carbons (Fsp3) is 0.550. The summed E-state index contributed by atoms with van der Waals surface area (Å²) in [6, 6.07) is 4.01. The lowest BCUT2D eigenvalue weighted by Gasteiger charge is -2.21. The topological polar surface area (TPSA) is 76.4 Å². The zero-order valence-corrected chi connectivity index (χ0v) is 19.6. The van der Waals surface area contributed by atoms with E-state index in [1.54, 1.807) is 18.7 Å². The molecule has 0 saturated heterocycles. The van der Waals surface area contributed by atoms with Gasteiger partial charge in [0.15, 0.2) is 5.96 Å². The molecule has 7 nitrogen and oxygen atoms in total. The number of aromatic nitrogens is 3. The Labute approximate surface area is 185 Å². The number of imidazole rings is 1. The molecule has 0 radical (unpaired) electrons. The van der Waals surface area contributed by atoms with Gasteiger partial charge < -0.3 is 15.4 Å². The van der Waals surface area contributed by atoms with Crippen LogP contribution in [0.3, 0.4) is 0 Å². The number of rotatable bonds is 10. The number of aliphatic imine (C=N–C) groups is 1.